The standard InChI is InChI=1S/C17H22N4/c1-2-12-7-5-6-10-14(12)17-19-15(11-16(20-17)21-18)13-8-3-4-9-13/h5-7,10-11,13H,2-4,8-9,18H2,1H3,(H,19,20,21). The first kappa shape index (κ1) is 14.0. The van der Waals surface area contributed by atoms with Gasteiger partial charge in [0.25, 0.3) is 0 Å². The Hall–Kier alpha value is -1.94. The predicted molar refractivity (Wildman–Crippen MR) is 85.9 cm³/mol. The van der Waals surface area contributed by atoms with Gasteiger partial charge in [0, 0.05) is 23.2 Å². The second-order valence-corrected chi connectivity index (χ2v) is 5.64. The summed E-state index contributed by atoms with van der Waals surface area (Å²) in [5.74, 6) is 7.63. The number of nitrogens with one attached hydrogen (secondary N) is 1. The van der Waals surface area contributed by atoms with Crippen LogP contribution in [0.1, 0.15) is 49.8 Å². The van der Waals surface area contributed by atoms with E-state index in [9.17, 15) is 0 Å². The summed E-state index contributed by atoms with van der Waals surface area (Å²) >= 11 is 0. The van der Waals surface area contributed by atoms with E-state index in [2.05, 4.69) is 35.5 Å². The number of hydrogen-bond acceptors (Lipinski definition) is 4. The van der Waals surface area contributed by atoms with Crippen LogP contribution in [0.2, 0.25) is 0 Å². The molecule has 4 heteroatoms. The van der Waals surface area contributed by atoms with Crippen molar-refractivity contribution in [3.8, 4) is 11.4 Å². The van der Waals surface area contributed by atoms with Gasteiger partial charge < -0.3 is 5.43 Å². The van der Waals surface area contributed by atoms with Gasteiger partial charge >= 0.3 is 0 Å². The van der Waals surface area contributed by atoms with Crippen molar-refractivity contribution in [2.24, 2.45) is 5.84 Å². The molecule has 3 rings (SSSR count). The maximum atomic E-state index is 5.59. The molecule has 4 nitrogen and oxygen atoms in total. The highest BCUT2D eigenvalue weighted by Crippen LogP contribution is 2.34. The van der Waals surface area contributed by atoms with Crippen molar-refractivity contribution in [1.29, 1.82) is 0 Å². The maximum Gasteiger partial charge on any atom is 0.162 e. The highest BCUT2D eigenvalue weighted by atomic mass is 15.3. The second-order valence-electron chi connectivity index (χ2n) is 5.64. The normalized spacial score (nSPS) is 15.3. The molecule has 0 atom stereocenters. The first-order valence-electron chi connectivity index (χ1n) is 7.75. The average molecular weight is 282 g/mol. The van der Waals surface area contributed by atoms with Crippen LogP contribution in [0, 0.1) is 0 Å². The van der Waals surface area contributed by atoms with Gasteiger partial charge in [0.2, 0.25) is 0 Å². The minimum Gasteiger partial charge on any atom is -0.308 e. The van der Waals surface area contributed by atoms with Crippen molar-refractivity contribution in [3.63, 3.8) is 0 Å². The molecular formula is C17H22N4. The molecule has 1 fully saturated rings. The number of anilines is 1. The Morgan fingerprint density at radius 3 is 2.67 bits per heavy atom. The number of hydrogen-bond donors (Lipinski definition) is 2. The van der Waals surface area contributed by atoms with Crippen molar-refractivity contribution >= 4 is 5.82 Å². The third-order valence-corrected chi connectivity index (χ3v) is 4.31. The Bertz CT molecular complexity index is 618. The summed E-state index contributed by atoms with van der Waals surface area (Å²) in [6.07, 6.45) is 5.99. The van der Waals surface area contributed by atoms with Crippen molar-refractivity contribution in [3.05, 3.63) is 41.6 Å². The van der Waals surface area contributed by atoms with Crippen molar-refractivity contribution in [2.45, 2.75) is 44.9 Å². The van der Waals surface area contributed by atoms with Gasteiger partial charge in [0.05, 0.1) is 0 Å². The number of rotatable bonds is 4. The van der Waals surface area contributed by atoms with Crippen LogP contribution in [0.15, 0.2) is 30.3 Å². The van der Waals surface area contributed by atoms with E-state index in [4.69, 9.17) is 10.8 Å². The van der Waals surface area contributed by atoms with Gasteiger partial charge in [-0.2, -0.15) is 0 Å². The summed E-state index contributed by atoms with van der Waals surface area (Å²) in [4.78, 5) is 9.39. The second kappa shape index (κ2) is 6.22. The smallest absolute Gasteiger partial charge is 0.162 e. The lowest BCUT2D eigenvalue weighted by atomic mass is 10.0. The van der Waals surface area contributed by atoms with E-state index in [1.54, 1.807) is 0 Å². The van der Waals surface area contributed by atoms with Gasteiger partial charge in [-0.25, -0.2) is 15.8 Å². The molecule has 0 aliphatic heterocycles. The number of aromatic nitrogens is 2. The largest absolute Gasteiger partial charge is 0.308 e. The molecule has 1 heterocycles. The number of benzene rings is 1. The fourth-order valence-corrected chi connectivity index (χ4v) is 3.14. The molecule has 21 heavy (non-hydrogen) atoms. The first-order valence-corrected chi connectivity index (χ1v) is 7.75. The Balaban J connectivity index is 2.06. The van der Waals surface area contributed by atoms with E-state index < -0.39 is 0 Å². The third-order valence-electron chi connectivity index (χ3n) is 4.31. The van der Waals surface area contributed by atoms with E-state index in [0.29, 0.717) is 11.7 Å². The summed E-state index contributed by atoms with van der Waals surface area (Å²) in [6, 6.07) is 10.3. The highest BCUT2D eigenvalue weighted by Gasteiger charge is 2.20. The van der Waals surface area contributed by atoms with Gasteiger partial charge in [-0.1, -0.05) is 44.0 Å². The highest BCUT2D eigenvalue weighted by molar-refractivity contribution is 5.62. The number of nitrogens with zero attached hydrogens (tertiary/aromatic N) is 2. The molecular weight excluding hydrogens is 260 g/mol. The molecule has 0 bridgehead atoms. The molecule has 0 saturated heterocycles. The van der Waals surface area contributed by atoms with Crippen LogP contribution in [-0.2, 0) is 6.42 Å². The molecule has 0 radical (unpaired) electrons. The molecule has 1 aromatic carbocycles. The zero-order valence-corrected chi connectivity index (χ0v) is 12.5. The fourth-order valence-electron chi connectivity index (χ4n) is 3.14. The van der Waals surface area contributed by atoms with E-state index >= 15 is 0 Å². The zero-order chi connectivity index (χ0) is 14.7. The molecule has 1 aliphatic carbocycles. The molecule has 1 aliphatic rings. The molecule has 110 valence electrons. The lowest BCUT2D eigenvalue weighted by molar-refractivity contribution is 0.695. The summed E-state index contributed by atoms with van der Waals surface area (Å²) in [6.45, 7) is 2.15. The first-order chi connectivity index (χ1) is 10.3. The van der Waals surface area contributed by atoms with Gasteiger partial charge in [-0.05, 0) is 24.8 Å². The minimum atomic E-state index is 0.549. The summed E-state index contributed by atoms with van der Waals surface area (Å²) in [7, 11) is 0. The number of aryl methyl sites for hydroxylation is 1. The van der Waals surface area contributed by atoms with E-state index in [1.807, 2.05) is 12.1 Å². The minimum absolute atomic E-state index is 0.549. The Kier molecular flexibility index (Phi) is 4.15. The fraction of sp³-hybridized carbons (Fsp3) is 0.412. The SMILES string of the molecule is CCc1ccccc1-c1nc(NN)cc(C2CCCC2)n1. The molecule has 1 aromatic heterocycles. The van der Waals surface area contributed by atoms with E-state index in [1.165, 1.54) is 31.2 Å². The molecule has 3 N–H and O–H groups in total. The molecule has 2 aromatic rings. The maximum absolute atomic E-state index is 5.59. The third kappa shape index (κ3) is 2.90. The van der Waals surface area contributed by atoms with Gasteiger partial charge in [-0.3, -0.25) is 0 Å². The van der Waals surface area contributed by atoms with Gasteiger partial charge in [0.1, 0.15) is 5.82 Å². The van der Waals surface area contributed by atoms with Crippen LogP contribution < -0.4 is 11.3 Å². The lowest BCUT2D eigenvalue weighted by Crippen LogP contribution is -2.11. The Labute approximate surface area is 125 Å². The summed E-state index contributed by atoms with van der Waals surface area (Å²) in [5, 5.41) is 0. The Morgan fingerprint density at radius 2 is 1.95 bits per heavy atom. The van der Waals surface area contributed by atoms with Crippen LogP contribution in [0.3, 0.4) is 0 Å². The van der Waals surface area contributed by atoms with Gasteiger partial charge in [0.15, 0.2) is 5.82 Å². The monoisotopic (exact) mass is 282 g/mol. The van der Waals surface area contributed by atoms with Crippen molar-refractivity contribution in [2.75, 3.05) is 5.43 Å². The molecule has 0 amide bonds. The van der Waals surface area contributed by atoms with Crippen LogP contribution >= 0.6 is 0 Å². The van der Waals surface area contributed by atoms with E-state index in [0.717, 1.165) is 23.5 Å². The van der Waals surface area contributed by atoms with Crippen molar-refractivity contribution in [1.82, 2.24) is 9.97 Å². The lowest BCUT2D eigenvalue weighted by Gasteiger charge is -2.13. The number of nitrogens with two attached hydrogens (primary N) is 1. The molecule has 0 spiro atoms. The van der Waals surface area contributed by atoms with Crippen molar-refractivity contribution < 1.29 is 0 Å². The number of nitrogen functional groups attached to an aromatic ring is 1. The Morgan fingerprint density at radius 1 is 1.19 bits per heavy atom. The van der Waals surface area contributed by atoms with Crippen LogP contribution in [0.4, 0.5) is 5.82 Å². The average Bonchev–Trinajstić information content (AvgIpc) is 3.09. The van der Waals surface area contributed by atoms with Gasteiger partial charge in [-0.15, -0.1) is 0 Å². The number of hydrazine groups is 1. The zero-order valence-electron chi connectivity index (χ0n) is 12.5. The molecule has 1 saturated carbocycles. The predicted octanol–water partition coefficient (Wildman–Crippen LogP) is 3.65. The van der Waals surface area contributed by atoms with Crippen LogP contribution in [0.25, 0.3) is 11.4 Å². The topological polar surface area (TPSA) is 63.8 Å². The summed E-state index contributed by atoms with van der Waals surface area (Å²) in [5.41, 5.74) is 6.18. The molecule has 0 unspecified atom stereocenters. The summed E-state index contributed by atoms with van der Waals surface area (Å²) < 4.78 is 0. The van der Waals surface area contributed by atoms with Crippen LogP contribution in [0.5, 0.6) is 0 Å². The van der Waals surface area contributed by atoms with E-state index in [-0.39, 0.29) is 0 Å². The quantitative estimate of drug-likeness (QED) is 0.663. The van der Waals surface area contributed by atoms with Crippen LogP contribution in [-0.4, -0.2) is 9.97 Å².